The lowest BCUT2D eigenvalue weighted by Crippen LogP contribution is -2.48. The van der Waals surface area contributed by atoms with Crippen LogP contribution in [0.1, 0.15) is 34.8 Å². The van der Waals surface area contributed by atoms with E-state index in [-0.39, 0.29) is 6.10 Å². The number of hydrogen-bond donors (Lipinski definition) is 0. The minimum atomic E-state index is 0.229. The minimum absolute atomic E-state index is 0.229. The van der Waals surface area contributed by atoms with Crippen LogP contribution < -0.4 is 0 Å². The van der Waals surface area contributed by atoms with Crippen molar-refractivity contribution in [3.8, 4) is 0 Å². The van der Waals surface area contributed by atoms with Crippen molar-refractivity contribution in [2.75, 3.05) is 13.1 Å². The van der Waals surface area contributed by atoms with Gasteiger partial charge < -0.3 is 4.74 Å². The summed E-state index contributed by atoms with van der Waals surface area (Å²) in [5.41, 5.74) is 5.32. The van der Waals surface area contributed by atoms with Crippen LogP contribution in [0.15, 0.2) is 24.4 Å². The maximum atomic E-state index is 6.05. The van der Waals surface area contributed by atoms with Gasteiger partial charge in [-0.05, 0) is 37.0 Å². The van der Waals surface area contributed by atoms with E-state index in [2.05, 4.69) is 51.9 Å². The Hall–Kier alpha value is -1.72. The van der Waals surface area contributed by atoms with Gasteiger partial charge in [0.25, 0.3) is 0 Å². The molecule has 22 heavy (non-hydrogen) atoms. The van der Waals surface area contributed by atoms with Crippen LogP contribution >= 0.6 is 0 Å². The molecule has 4 rings (SSSR count). The number of benzene rings is 1. The molecule has 0 spiro atoms. The van der Waals surface area contributed by atoms with E-state index in [0.717, 1.165) is 31.7 Å². The lowest BCUT2D eigenvalue weighted by molar-refractivity contribution is -0.0704. The average molecular weight is 298 g/mol. The van der Waals surface area contributed by atoms with E-state index in [1.54, 1.807) is 0 Å². The molecule has 0 N–H and O–H groups in total. The normalized spacial score (nSPS) is 24.8. The van der Waals surface area contributed by atoms with Crippen LogP contribution in [0, 0.1) is 13.8 Å². The van der Waals surface area contributed by atoms with Crippen LogP contribution in [0.4, 0.5) is 0 Å². The van der Waals surface area contributed by atoms with Crippen LogP contribution in [0.2, 0.25) is 0 Å². The molecule has 0 radical (unpaired) electrons. The van der Waals surface area contributed by atoms with Gasteiger partial charge >= 0.3 is 0 Å². The molecule has 2 aliphatic heterocycles. The van der Waals surface area contributed by atoms with Gasteiger partial charge in [-0.25, -0.2) is 4.68 Å². The van der Waals surface area contributed by atoms with Gasteiger partial charge in [-0.2, -0.15) is 0 Å². The van der Waals surface area contributed by atoms with Crippen LogP contribution in [0.5, 0.6) is 0 Å². The Morgan fingerprint density at radius 1 is 1.27 bits per heavy atom. The summed E-state index contributed by atoms with van der Waals surface area (Å²) in [5.74, 6) is 0. The van der Waals surface area contributed by atoms with Crippen LogP contribution in [-0.2, 0) is 17.9 Å². The van der Waals surface area contributed by atoms with Crippen molar-refractivity contribution in [3.05, 3.63) is 46.8 Å². The Labute approximate surface area is 130 Å². The standard InChI is InChI=1S/C17H22N4O/c1-12-4-3-5-13(2)15(12)9-20-7-6-16-17(10-20)22-11-14-8-18-19-21(14)16/h3-5,8,16-17H,6-7,9-11H2,1-2H3/t16-,17-/m0/s1. The average Bonchev–Trinajstić information content (AvgIpc) is 3.00. The lowest BCUT2D eigenvalue weighted by atomic mass is 9.97. The molecule has 2 atom stereocenters. The van der Waals surface area contributed by atoms with Crippen molar-refractivity contribution in [2.24, 2.45) is 0 Å². The first-order valence-electron chi connectivity index (χ1n) is 8.00. The zero-order valence-electron chi connectivity index (χ0n) is 13.2. The molecule has 2 aromatic rings. The van der Waals surface area contributed by atoms with Crippen molar-refractivity contribution in [3.63, 3.8) is 0 Å². The predicted molar refractivity (Wildman–Crippen MR) is 83.4 cm³/mol. The lowest BCUT2D eigenvalue weighted by Gasteiger charge is -2.41. The number of rotatable bonds is 2. The fraction of sp³-hybridized carbons (Fsp3) is 0.529. The second-order valence-corrected chi connectivity index (χ2v) is 6.48. The summed E-state index contributed by atoms with van der Waals surface area (Å²) in [6.45, 7) is 8.10. The van der Waals surface area contributed by atoms with Gasteiger partial charge in [0, 0.05) is 19.6 Å². The molecule has 1 aromatic carbocycles. The Morgan fingerprint density at radius 3 is 2.91 bits per heavy atom. The monoisotopic (exact) mass is 298 g/mol. The van der Waals surface area contributed by atoms with Gasteiger partial charge in [0.1, 0.15) is 0 Å². The molecule has 0 aliphatic carbocycles. The van der Waals surface area contributed by atoms with Crippen molar-refractivity contribution < 1.29 is 4.74 Å². The third-order valence-corrected chi connectivity index (χ3v) is 5.04. The Kier molecular flexibility index (Phi) is 3.47. The second-order valence-electron chi connectivity index (χ2n) is 6.48. The summed E-state index contributed by atoms with van der Waals surface area (Å²) in [5, 5.41) is 8.27. The summed E-state index contributed by atoms with van der Waals surface area (Å²) in [7, 11) is 0. The van der Waals surface area contributed by atoms with Crippen molar-refractivity contribution >= 4 is 0 Å². The molecular formula is C17H22N4O. The first-order chi connectivity index (χ1) is 10.7. The Bertz CT molecular complexity index is 661. The smallest absolute Gasteiger partial charge is 0.0932 e. The molecule has 0 unspecified atom stereocenters. The minimum Gasteiger partial charge on any atom is -0.368 e. The third kappa shape index (κ3) is 2.34. The zero-order chi connectivity index (χ0) is 15.1. The van der Waals surface area contributed by atoms with Crippen molar-refractivity contribution in [1.29, 1.82) is 0 Å². The summed E-state index contributed by atoms with van der Waals surface area (Å²) >= 11 is 0. The number of hydrogen-bond acceptors (Lipinski definition) is 4. The number of aromatic nitrogens is 3. The van der Waals surface area contributed by atoms with E-state index in [4.69, 9.17) is 4.74 Å². The van der Waals surface area contributed by atoms with Crippen LogP contribution in [0.25, 0.3) is 0 Å². The molecule has 1 fully saturated rings. The highest BCUT2D eigenvalue weighted by molar-refractivity contribution is 5.33. The fourth-order valence-corrected chi connectivity index (χ4v) is 3.72. The molecule has 1 aromatic heterocycles. The quantitative estimate of drug-likeness (QED) is 0.853. The molecule has 116 valence electrons. The van der Waals surface area contributed by atoms with E-state index in [0.29, 0.717) is 12.6 Å². The van der Waals surface area contributed by atoms with Crippen molar-refractivity contribution in [1.82, 2.24) is 19.9 Å². The van der Waals surface area contributed by atoms with Gasteiger partial charge in [0.05, 0.1) is 30.6 Å². The van der Waals surface area contributed by atoms with Crippen LogP contribution in [0.3, 0.4) is 0 Å². The number of aryl methyl sites for hydroxylation is 2. The topological polar surface area (TPSA) is 43.2 Å². The molecule has 3 heterocycles. The van der Waals surface area contributed by atoms with Gasteiger partial charge in [-0.1, -0.05) is 23.4 Å². The van der Waals surface area contributed by atoms with Gasteiger partial charge in [0.15, 0.2) is 0 Å². The molecule has 5 heteroatoms. The molecule has 1 saturated heterocycles. The second kappa shape index (κ2) is 5.48. The maximum absolute atomic E-state index is 6.05. The highest BCUT2D eigenvalue weighted by Gasteiger charge is 2.36. The van der Waals surface area contributed by atoms with Crippen LogP contribution in [-0.4, -0.2) is 39.1 Å². The first-order valence-corrected chi connectivity index (χ1v) is 8.00. The SMILES string of the molecule is Cc1cccc(C)c1CN1CC[C@H]2[C@H](C1)OCc1cnnn12. The third-order valence-electron chi connectivity index (χ3n) is 5.04. The molecule has 0 saturated carbocycles. The van der Waals surface area contributed by atoms with Gasteiger partial charge in [0.2, 0.25) is 0 Å². The molecular weight excluding hydrogens is 276 g/mol. The fourth-order valence-electron chi connectivity index (χ4n) is 3.72. The first kappa shape index (κ1) is 13.9. The van der Waals surface area contributed by atoms with E-state index in [1.807, 2.05) is 6.20 Å². The molecule has 0 bridgehead atoms. The number of piperidine rings is 1. The van der Waals surface area contributed by atoms with E-state index in [9.17, 15) is 0 Å². The predicted octanol–water partition coefficient (Wildman–Crippen LogP) is 2.24. The van der Waals surface area contributed by atoms with E-state index < -0.39 is 0 Å². The highest BCUT2D eigenvalue weighted by atomic mass is 16.5. The summed E-state index contributed by atoms with van der Waals surface area (Å²) < 4.78 is 8.13. The molecule has 5 nitrogen and oxygen atoms in total. The van der Waals surface area contributed by atoms with Gasteiger partial charge in [-0.15, -0.1) is 5.10 Å². The Balaban J connectivity index is 1.50. The number of likely N-dealkylation sites (tertiary alicyclic amines) is 1. The largest absolute Gasteiger partial charge is 0.368 e. The number of nitrogens with zero attached hydrogens (tertiary/aromatic N) is 4. The highest BCUT2D eigenvalue weighted by Crippen LogP contribution is 2.31. The molecule has 2 aliphatic rings. The Morgan fingerprint density at radius 2 is 2.09 bits per heavy atom. The summed E-state index contributed by atoms with van der Waals surface area (Å²) in [6, 6.07) is 6.89. The molecule has 0 amide bonds. The summed E-state index contributed by atoms with van der Waals surface area (Å²) in [6.07, 6.45) is 3.12. The van der Waals surface area contributed by atoms with Crippen molar-refractivity contribution in [2.45, 2.75) is 45.6 Å². The number of fused-ring (bicyclic) bond motifs is 3. The van der Waals surface area contributed by atoms with E-state index in [1.165, 1.54) is 16.7 Å². The number of ether oxygens (including phenoxy) is 1. The zero-order valence-corrected chi connectivity index (χ0v) is 13.2. The van der Waals surface area contributed by atoms with E-state index >= 15 is 0 Å². The van der Waals surface area contributed by atoms with Gasteiger partial charge in [-0.3, -0.25) is 4.90 Å². The maximum Gasteiger partial charge on any atom is 0.0932 e. The summed E-state index contributed by atoms with van der Waals surface area (Å²) in [4.78, 5) is 2.51.